The molecule has 1 aliphatic heterocycles. The van der Waals surface area contributed by atoms with Crippen molar-refractivity contribution in [2.45, 2.75) is 19.9 Å². The first-order valence-corrected chi connectivity index (χ1v) is 6.28. The minimum Gasteiger partial charge on any atom is -0.481 e. The predicted molar refractivity (Wildman–Crippen MR) is 66.8 cm³/mol. The third-order valence-electron chi connectivity index (χ3n) is 3.25. The van der Waals surface area contributed by atoms with Gasteiger partial charge in [-0.3, -0.25) is 9.59 Å². The summed E-state index contributed by atoms with van der Waals surface area (Å²) in [4.78, 5) is 24.7. The highest BCUT2D eigenvalue weighted by Gasteiger charge is 2.32. The standard InChI is InChI=1S/C12H15ClN2O3/c1-2-14-7-9(13)5-10(14)11(16)15-4-3-8(6-15)12(17)18/h5,7-8H,2-4,6H2,1H3,(H,17,18). The highest BCUT2D eigenvalue weighted by molar-refractivity contribution is 6.31. The Balaban J connectivity index is 2.15. The van der Waals surface area contributed by atoms with Crippen molar-refractivity contribution in [1.82, 2.24) is 9.47 Å². The van der Waals surface area contributed by atoms with E-state index in [1.807, 2.05) is 6.92 Å². The molecular formula is C12H15ClN2O3. The molecule has 1 unspecified atom stereocenters. The lowest BCUT2D eigenvalue weighted by molar-refractivity contribution is -0.141. The fourth-order valence-corrected chi connectivity index (χ4v) is 2.44. The molecular weight excluding hydrogens is 256 g/mol. The van der Waals surface area contributed by atoms with E-state index in [1.54, 1.807) is 21.7 Å². The monoisotopic (exact) mass is 270 g/mol. The number of rotatable bonds is 3. The van der Waals surface area contributed by atoms with Crippen molar-refractivity contribution in [3.63, 3.8) is 0 Å². The summed E-state index contributed by atoms with van der Waals surface area (Å²) < 4.78 is 1.78. The van der Waals surface area contributed by atoms with Gasteiger partial charge in [-0.25, -0.2) is 0 Å². The smallest absolute Gasteiger partial charge is 0.308 e. The van der Waals surface area contributed by atoms with E-state index in [-0.39, 0.29) is 12.5 Å². The molecule has 1 atom stereocenters. The lowest BCUT2D eigenvalue weighted by atomic mass is 10.1. The van der Waals surface area contributed by atoms with Gasteiger partial charge in [0.05, 0.1) is 10.9 Å². The number of halogens is 1. The number of carbonyl (C=O) groups is 2. The Labute approximate surface area is 110 Å². The van der Waals surface area contributed by atoms with Crippen molar-refractivity contribution >= 4 is 23.5 Å². The number of carbonyl (C=O) groups excluding carboxylic acids is 1. The number of amides is 1. The highest BCUT2D eigenvalue weighted by Crippen LogP contribution is 2.21. The summed E-state index contributed by atoms with van der Waals surface area (Å²) in [6, 6.07) is 1.63. The van der Waals surface area contributed by atoms with Gasteiger partial charge in [0.2, 0.25) is 0 Å². The van der Waals surface area contributed by atoms with Gasteiger partial charge in [0.1, 0.15) is 5.69 Å². The van der Waals surface area contributed by atoms with Crippen molar-refractivity contribution in [2.75, 3.05) is 13.1 Å². The summed E-state index contributed by atoms with van der Waals surface area (Å²) in [7, 11) is 0. The SMILES string of the molecule is CCn1cc(Cl)cc1C(=O)N1CCC(C(=O)O)C1. The van der Waals surface area contributed by atoms with Crippen LogP contribution in [0.1, 0.15) is 23.8 Å². The molecule has 0 saturated carbocycles. The number of likely N-dealkylation sites (tertiary alicyclic amines) is 1. The molecule has 18 heavy (non-hydrogen) atoms. The molecule has 1 aliphatic rings. The highest BCUT2D eigenvalue weighted by atomic mass is 35.5. The fourth-order valence-electron chi connectivity index (χ4n) is 2.22. The Hall–Kier alpha value is -1.49. The molecule has 0 aromatic carbocycles. The van der Waals surface area contributed by atoms with Crippen LogP contribution in [0.2, 0.25) is 5.02 Å². The quantitative estimate of drug-likeness (QED) is 0.909. The lowest BCUT2D eigenvalue weighted by Gasteiger charge is -2.16. The molecule has 1 N–H and O–H groups in total. The van der Waals surface area contributed by atoms with E-state index in [2.05, 4.69) is 0 Å². The Morgan fingerprint density at radius 1 is 1.56 bits per heavy atom. The first-order chi connectivity index (χ1) is 8.52. The van der Waals surface area contributed by atoms with E-state index in [0.29, 0.717) is 30.2 Å². The van der Waals surface area contributed by atoms with E-state index < -0.39 is 11.9 Å². The average molecular weight is 271 g/mol. The first-order valence-electron chi connectivity index (χ1n) is 5.90. The second kappa shape index (κ2) is 5.02. The van der Waals surface area contributed by atoms with Crippen LogP contribution in [0.4, 0.5) is 0 Å². The Morgan fingerprint density at radius 3 is 2.83 bits per heavy atom. The van der Waals surface area contributed by atoms with E-state index in [0.717, 1.165) is 0 Å². The maximum Gasteiger partial charge on any atom is 0.308 e. The number of carboxylic acids is 1. The van der Waals surface area contributed by atoms with Gasteiger partial charge in [0, 0.05) is 25.8 Å². The molecule has 1 saturated heterocycles. The fraction of sp³-hybridized carbons (Fsp3) is 0.500. The van der Waals surface area contributed by atoms with Crippen molar-refractivity contribution in [1.29, 1.82) is 0 Å². The summed E-state index contributed by atoms with van der Waals surface area (Å²) in [6.45, 7) is 3.35. The zero-order valence-electron chi connectivity index (χ0n) is 10.1. The largest absolute Gasteiger partial charge is 0.481 e. The minimum atomic E-state index is -0.839. The molecule has 1 amide bonds. The van der Waals surface area contributed by atoms with Crippen molar-refractivity contribution in [2.24, 2.45) is 5.92 Å². The Morgan fingerprint density at radius 2 is 2.28 bits per heavy atom. The zero-order chi connectivity index (χ0) is 13.3. The van der Waals surface area contributed by atoms with E-state index >= 15 is 0 Å². The third kappa shape index (κ3) is 2.36. The molecule has 0 aliphatic carbocycles. The van der Waals surface area contributed by atoms with Crippen LogP contribution in [0.25, 0.3) is 0 Å². The van der Waals surface area contributed by atoms with Gasteiger partial charge in [0.25, 0.3) is 5.91 Å². The number of hydrogen-bond donors (Lipinski definition) is 1. The molecule has 1 aromatic rings. The third-order valence-corrected chi connectivity index (χ3v) is 3.45. The molecule has 2 heterocycles. The van der Waals surface area contributed by atoms with Crippen LogP contribution in [0.15, 0.2) is 12.3 Å². The van der Waals surface area contributed by atoms with E-state index in [9.17, 15) is 9.59 Å². The molecule has 1 fully saturated rings. The average Bonchev–Trinajstić information content (AvgIpc) is 2.94. The summed E-state index contributed by atoms with van der Waals surface area (Å²) >= 11 is 5.89. The molecule has 2 rings (SSSR count). The number of nitrogens with zero attached hydrogens (tertiary/aromatic N) is 2. The number of aliphatic carboxylic acids is 1. The zero-order valence-corrected chi connectivity index (χ0v) is 10.9. The van der Waals surface area contributed by atoms with Gasteiger partial charge >= 0.3 is 5.97 Å². The summed E-state index contributed by atoms with van der Waals surface area (Å²) in [5.74, 6) is -1.43. The van der Waals surface area contributed by atoms with E-state index in [4.69, 9.17) is 16.7 Å². The molecule has 1 aromatic heterocycles. The second-order valence-electron chi connectivity index (χ2n) is 4.40. The van der Waals surface area contributed by atoms with Gasteiger partial charge < -0.3 is 14.6 Å². The van der Waals surface area contributed by atoms with E-state index in [1.165, 1.54) is 0 Å². The minimum absolute atomic E-state index is 0.146. The van der Waals surface area contributed by atoms with Crippen LogP contribution in [-0.2, 0) is 11.3 Å². The Bertz CT molecular complexity index is 484. The molecule has 5 nitrogen and oxygen atoms in total. The molecule has 0 radical (unpaired) electrons. The molecule has 0 spiro atoms. The van der Waals surface area contributed by atoms with Crippen LogP contribution < -0.4 is 0 Å². The maximum atomic E-state index is 12.3. The number of aryl methyl sites for hydroxylation is 1. The van der Waals surface area contributed by atoms with Gasteiger partial charge in [0.15, 0.2) is 0 Å². The second-order valence-corrected chi connectivity index (χ2v) is 4.84. The van der Waals surface area contributed by atoms with Crippen LogP contribution in [-0.4, -0.2) is 39.5 Å². The van der Waals surface area contributed by atoms with Gasteiger partial charge in [-0.1, -0.05) is 11.6 Å². The van der Waals surface area contributed by atoms with Crippen LogP contribution in [0.5, 0.6) is 0 Å². The van der Waals surface area contributed by atoms with Crippen LogP contribution in [0.3, 0.4) is 0 Å². The van der Waals surface area contributed by atoms with Gasteiger partial charge in [-0.2, -0.15) is 0 Å². The van der Waals surface area contributed by atoms with Crippen molar-refractivity contribution in [3.8, 4) is 0 Å². The van der Waals surface area contributed by atoms with Gasteiger partial charge in [-0.15, -0.1) is 0 Å². The van der Waals surface area contributed by atoms with Gasteiger partial charge in [-0.05, 0) is 19.4 Å². The van der Waals surface area contributed by atoms with Crippen LogP contribution in [0, 0.1) is 5.92 Å². The molecule has 0 bridgehead atoms. The van der Waals surface area contributed by atoms with Crippen molar-refractivity contribution in [3.05, 3.63) is 23.0 Å². The number of carboxylic acid groups (broad SMARTS) is 1. The molecule has 6 heteroatoms. The van der Waals surface area contributed by atoms with Crippen molar-refractivity contribution < 1.29 is 14.7 Å². The van der Waals surface area contributed by atoms with Crippen LogP contribution >= 0.6 is 11.6 Å². The lowest BCUT2D eigenvalue weighted by Crippen LogP contribution is -2.31. The first kappa shape index (κ1) is 13.0. The molecule has 98 valence electrons. The summed E-state index contributed by atoms with van der Waals surface area (Å²) in [5.41, 5.74) is 0.522. The summed E-state index contributed by atoms with van der Waals surface area (Å²) in [5, 5.41) is 9.45. The maximum absolute atomic E-state index is 12.3. The Kier molecular flexibility index (Phi) is 3.61. The topological polar surface area (TPSA) is 62.5 Å². The predicted octanol–water partition coefficient (Wildman–Crippen LogP) is 1.71. The number of aromatic nitrogens is 1. The summed E-state index contributed by atoms with van der Waals surface area (Å²) in [6.07, 6.45) is 2.22. The normalized spacial score (nSPS) is 19.2. The number of hydrogen-bond acceptors (Lipinski definition) is 2.